The molecule has 4 N–H and O–H groups in total. The van der Waals surface area contributed by atoms with Gasteiger partial charge in [0.1, 0.15) is 17.3 Å². The molecule has 0 aliphatic rings. The fourth-order valence-electron chi connectivity index (χ4n) is 1.78. The van der Waals surface area contributed by atoms with Gasteiger partial charge < -0.3 is 10.7 Å². The molecule has 1 amide bonds. The third kappa shape index (κ3) is 4.14. The van der Waals surface area contributed by atoms with E-state index in [4.69, 9.17) is 17.4 Å². The van der Waals surface area contributed by atoms with Gasteiger partial charge in [0.2, 0.25) is 0 Å². The lowest BCUT2D eigenvalue weighted by Gasteiger charge is -2.08. The number of hydrogen-bond acceptors (Lipinski definition) is 4. The summed E-state index contributed by atoms with van der Waals surface area (Å²) in [5, 5.41) is 2.92. The van der Waals surface area contributed by atoms with Crippen molar-refractivity contribution in [1.82, 2.24) is 10.3 Å². The Morgan fingerprint density at radius 1 is 1.33 bits per heavy atom. The van der Waals surface area contributed by atoms with Crippen LogP contribution < -0.4 is 16.6 Å². The van der Waals surface area contributed by atoms with E-state index in [1.807, 2.05) is 0 Å². The number of nitrogen functional groups attached to an aromatic ring is 1. The summed E-state index contributed by atoms with van der Waals surface area (Å²) < 4.78 is 13.0. The van der Waals surface area contributed by atoms with E-state index >= 15 is 0 Å². The van der Waals surface area contributed by atoms with Crippen molar-refractivity contribution < 1.29 is 9.18 Å². The topological polar surface area (TPSA) is 80.0 Å². The molecule has 0 aliphatic carbocycles. The van der Waals surface area contributed by atoms with E-state index in [1.165, 1.54) is 18.2 Å². The molecule has 0 spiro atoms. The summed E-state index contributed by atoms with van der Waals surface area (Å²) in [5.41, 5.74) is 3.23. The molecule has 7 heteroatoms. The van der Waals surface area contributed by atoms with E-state index in [0.29, 0.717) is 18.8 Å². The number of pyridine rings is 1. The zero-order chi connectivity index (χ0) is 15.2. The second kappa shape index (κ2) is 7.01. The molecule has 1 aromatic carbocycles. The molecular weight excluding hydrogens is 295 g/mol. The highest BCUT2D eigenvalue weighted by molar-refractivity contribution is 6.33. The predicted molar refractivity (Wildman–Crippen MR) is 79.5 cm³/mol. The van der Waals surface area contributed by atoms with Crippen LogP contribution in [0.5, 0.6) is 0 Å². The summed E-state index contributed by atoms with van der Waals surface area (Å²) >= 11 is 5.92. The summed E-state index contributed by atoms with van der Waals surface area (Å²) in [7, 11) is 0. The minimum Gasteiger partial charge on any atom is -0.350 e. The molecule has 0 saturated carbocycles. The Kier molecular flexibility index (Phi) is 5.08. The molecule has 0 atom stereocenters. The van der Waals surface area contributed by atoms with Gasteiger partial charge >= 0.3 is 0 Å². The number of carbonyl (C=O) groups is 1. The first-order valence-corrected chi connectivity index (χ1v) is 6.64. The number of halogens is 2. The van der Waals surface area contributed by atoms with Crippen molar-refractivity contribution >= 4 is 23.3 Å². The van der Waals surface area contributed by atoms with Crippen LogP contribution >= 0.6 is 11.6 Å². The third-order valence-electron chi connectivity index (χ3n) is 2.80. The molecule has 0 bridgehead atoms. The number of benzene rings is 1. The highest BCUT2D eigenvalue weighted by Gasteiger charge is 2.12. The summed E-state index contributed by atoms with van der Waals surface area (Å²) in [6.45, 7) is 0.348. The number of nitrogens with two attached hydrogens (primary N) is 1. The predicted octanol–water partition coefficient (Wildman–Crippen LogP) is 2.13. The number of rotatable bonds is 5. The summed E-state index contributed by atoms with van der Waals surface area (Å²) in [6.07, 6.45) is 0.510. The number of hydrogen-bond donors (Lipinski definition) is 3. The van der Waals surface area contributed by atoms with Gasteiger partial charge in [-0.1, -0.05) is 23.7 Å². The molecular formula is C14H14ClFN4O. The zero-order valence-corrected chi connectivity index (χ0v) is 11.8. The highest BCUT2D eigenvalue weighted by atomic mass is 35.5. The minimum atomic E-state index is -0.409. The number of nitrogens with zero attached hydrogens (tertiary/aromatic N) is 1. The first kappa shape index (κ1) is 15.2. The SMILES string of the molecule is NNc1ccc(Cl)c(C(=O)NCCc2cccc(F)c2)n1. The number of amides is 1. The Hall–Kier alpha value is -2.18. The number of carbonyl (C=O) groups excluding carboxylic acids is 1. The van der Waals surface area contributed by atoms with E-state index in [2.05, 4.69) is 15.7 Å². The van der Waals surface area contributed by atoms with Gasteiger partial charge in [0, 0.05) is 6.54 Å². The second-order valence-electron chi connectivity index (χ2n) is 4.31. The van der Waals surface area contributed by atoms with E-state index < -0.39 is 5.91 Å². The number of nitrogens with one attached hydrogen (secondary N) is 2. The maximum Gasteiger partial charge on any atom is 0.271 e. The van der Waals surface area contributed by atoms with Crippen LogP contribution in [-0.2, 0) is 6.42 Å². The van der Waals surface area contributed by atoms with Gasteiger partial charge in [0.25, 0.3) is 5.91 Å². The molecule has 5 nitrogen and oxygen atoms in total. The normalized spacial score (nSPS) is 10.2. The molecule has 0 radical (unpaired) electrons. The first-order chi connectivity index (χ1) is 10.1. The lowest BCUT2D eigenvalue weighted by Crippen LogP contribution is -2.27. The maximum atomic E-state index is 13.0. The van der Waals surface area contributed by atoms with Crippen molar-refractivity contribution in [3.63, 3.8) is 0 Å². The monoisotopic (exact) mass is 308 g/mol. The molecule has 1 aromatic heterocycles. The smallest absolute Gasteiger partial charge is 0.271 e. The van der Waals surface area contributed by atoms with Crippen molar-refractivity contribution in [2.75, 3.05) is 12.0 Å². The first-order valence-electron chi connectivity index (χ1n) is 6.26. The van der Waals surface area contributed by atoms with Gasteiger partial charge in [0.05, 0.1) is 5.02 Å². The summed E-state index contributed by atoms with van der Waals surface area (Å²) in [6, 6.07) is 9.31. The van der Waals surface area contributed by atoms with Gasteiger partial charge in [-0.3, -0.25) is 4.79 Å². The van der Waals surface area contributed by atoms with Gasteiger partial charge in [0.15, 0.2) is 0 Å². The quantitative estimate of drug-likeness (QED) is 0.584. The van der Waals surface area contributed by atoms with Crippen molar-refractivity contribution in [2.24, 2.45) is 5.84 Å². The molecule has 2 aromatic rings. The van der Waals surface area contributed by atoms with E-state index in [-0.39, 0.29) is 16.5 Å². The molecule has 21 heavy (non-hydrogen) atoms. The van der Waals surface area contributed by atoms with Crippen molar-refractivity contribution in [3.8, 4) is 0 Å². The van der Waals surface area contributed by atoms with Crippen molar-refractivity contribution in [1.29, 1.82) is 0 Å². The standard InChI is InChI=1S/C14H14ClFN4O/c15-11-4-5-12(20-17)19-13(11)14(21)18-7-6-9-2-1-3-10(16)8-9/h1-5,8H,6-7,17H2,(H,18,21)(H,19,20). The van der Waals surface area contributed by atoms with Crippen LogP contribution in [0.1, 0.15) is 16.1 Å². The Labute approximate surface area is 126 Å². The lowest BCUT2D eigenvalue weighted by atomic mass is 10.1. The maximum absolute atomic E-state index is 13.0. The molecule has 0 fully saturated rings. The lowest BCUT2D eigenvalue weighted by molar-refractivity contribution is 0.0949. The largest absolute Gasteiger partial charge is 0.350 e. The molecule has 0 saturated heterocycles. The fourth-order valence-corrected chi connectivity index (χ4v) is 1.97. The number of anilines is 1. The molecule has 0 unspecified atom stereocenters. The number of aromatic nitrogens is 1. The average molecular weight is 309 g/mol. The van der Waals surface area contributed by atoms with Gasteiger partial charge in [-0.2, -0.15) is 0 Å². The Balaban J connectivity index is 1.96. The third-order valence-corrected chi connectivity index (χ3v) is 3.10. The van der Waals surface area contributed by atoms with Crippen LogP contribution in [0.15, 0.2) is 36.4 Å². The minimum absolute atomic E-state index is 0.0892. The number of hydrazine groups is 1. The molecule has 0 aliphatic heterocycles. The Morgan fingerprint density at radius 3 is 2.86 bits per heavy atom. The van der Waals surface area contributed by atoms with E-state index in [0.717, 1.165) is 5.56 Å². The molecule has 110 valence electrons. The Bertz CT molecular complexity index is 651. The van der Waals surface area contributed by atoms with Gasteiger partial charge in [-0.25, -0.2) is 15.2 Å². The molecule has 1 heterocycles. The van der Waals surface area contributed by atoms with E-state index in [9.17, 15) is 9.18 Å². The van der Waals surface area contributed by atoms with Crippen LogP contribution in [0.3, 0.4) is 0 Å². The van der Waals surface area contributed by atoms with Gasteiger partial charge in [-0.15, -0.1) is 0 Å². The van der Waals surface area contributed by atoms with Crippen LogP contribution in [0.2, 0.25) is 5.02 Å². The van der Waals surface area contributed by atoms with Gasteiger partial charge in [-0.05, 0) is 36.2 Å². The fraction of sp³-hybridized carbons (Fsp3) is 0.143. The summed E-state index contributed by atoms with van der Waals surface area (Å²) in [4.78, 5) is 16.0. The van der Waals surface area contributed by atoms with Crippen LogP contribution in [0, 0.1) is 5.82 Å². The van der Waals surface area contributed by atoms with Crippen LogP contribution in [-0.4, -0.2) is 17.4 Å². The van der Waals surface area contributed by atoms with Crippen LogP contribution in [0.25, 0.3) is 0 Å². The Morgan fingerprint density at radius 2 is 2.14 bits per heavy atom. The van der Waals surface area contributed by atoms with Crippen LogP contribution in [0.4, 0.5) is 10.2 Å². The molecule has 2 rings (SSSR count). The summed E-state index contributed by atoms with van der Waals surface area (Å²) in [5.74, 6) is 4.87. The second-order valence-corrected chi connectivity index (χ2v) is 4.71. The van der Waals surface area contributed by atoms with E-state index in [1.54, 1.807) is 18.2 Å². The highest BCUT2D eigenvalue weighted by Crippen LogP contribution is 2.16. The van der Waals surface area contributed by atoms with Crippen molar-refractivity contribution in [2.45, 2.75) is 6.42 Å². The zero-order valence-electron chi connectivity index (χ0n) is 11.1. The average Bonchev–Trinajstić information content (AvgIpc) is 2.47. The van der Waals surface area contributed by atoms with Crippen molar-refractivity contribution in [3.05, 3.63) is 58.5 Å².